The van der Waals surface area contributed by atoms with E-state index in [1.165, 1.54) is 25.7 Å². The van der Waals surface area contributed by atoms with Crippen molar-refractivity contribution >= 4 is 0 Å². The van der Waals surface area contributed by atoms with Gasteiger partial charge in [0.2, 0.25) is 0 Å². The van der Waals surface area contributed by atoms with Crippen LogP contribution in [-0.4, -0.2) is 0 Å². The maximum Gasteiger partial charge on any atom is 1.00 e. The van der Waals surface area contributed by atoms with E-state index in [4.69, 9.17) is 0 Å². The van der Waals surface area contributed by atoms with Crippen molar-refractivity contribution in [2.45, 2.75) is 32.6 Å². The molecule has 1 aliphatic carbocycles. The first-order chi connectivity index (χ1) is 3.39. The van der Waals surface area contributed by atoms with Crippen molar-refractivity contribution < 1.29 is 1.43 Å². The first-order valence-electron chi connectivity index (χ1n) is 3.21. The quantitative estimate of drug-likeness (QED) is 0.436. The first kappa shape index (κ1) is 5.14. The molecule has 1 rings (SSSR count). The molecule has 0 amide bonds. The summed E-state index contributed by atoms with van der Waals surface area (Å²) in [5.74, 6) is 0.980. The molecule has 1 fully saturated rings. The lowest BCUT2D eigenvalue weighted by Crippen LogP contribution is -2.00. The van der Waals surface area contributed by atoms with Crippen LogP contribution in [0.1, 0.15) is 34.0 Å². The van der Waals surface area contributed by atoms with Gasteiger partial charge in [-0.15, -0.1) is 0 Å². The lowest BCUT2D eigenvalue weighted by Gasteiger charge is -2.15. The molecule has 0 aromatic carbocycles. The lowest BCUT2D eigenvalue weighted by atomic mass is 9.91. The summed E-state index contributed by atoms with van der Waals surface area (Å²) < 4.78 is 0. The topological polar surface area (TPSA) is 0 Å². The second-order valence-corrected chi connectivity index (χ2v) is 2.56. The van der Waals surface area contributed by atoms with Gasteiger partial charge < -0.3 is 0 Å². The van der Waals surface area contributed by atoms with Gasteiger partial charge in [0.15, 0.2) is 0 Å². The Bertz CT molecular complexity index is 46.3. The Kier molecular flexibility index (Phi) is 1.72. The third-order valence-electron chi connectivity index (χ3n) is 1.67. The van der Waals surface area contributed by atoms with Crippen LogP contribution < -0.4 is 0 Å². The molecule has 0 aromatic heterocycles. The Balaban J connectivity index is 0.000000490. The highest BCUT2D eigenvalue weighted by Crippen LogP contribution is 2.21. The highest BCUT2D eigenvalue weighted by molar-refractivity contribution is 4.74. The van der Waals surface area contributed by atoms with Gasteiger partial charge in [0.1, 0.15) is 0 Å². The van der Waals surface area contributed by atoms with Crippen molar-refractivity contribution in [2.75, 3.05) is 0 Å². The largest absolute Gasteiger partial charge is 1.00 e. The van der Waals surface area contributed by atoms with E-state index in [9.17, 15) is 0 Å². The SMILES string of the molecule is CC1C[CH]CCC1.[H+]. The van der Waals surface area contributed by atoms with E-state index in [0.29, 0.717) is 0 Å². The predicted octanol–water partition coefficient (Wildman–Crippen LogP) is 2.51. The Morgan fingerprint density at radius 2 is 2.57 bits per heavy atom. The second-order valence-electron chi connectivity index (χ2n) is 2.56. The monoisotopic (exact) mass is 98.1 g/mol. The van der Waals surface area contributed by atoms with Crippen LogP contribution in [0.15, 0.2) is 0 Å². The van der Waals surface area contributed by atoms with Gasteiger partial charge in [0.05, 0.1) is 0 Å². The summed E-state index contributed by atoms with van der Waals surface area (Å²) in [5, 5.41) is 0. The molecule has 1 radical (unpaired) electrons. The van der Waals surface area contributed by atoms with E-state index in [1.54, 1.807) is 0 Å². The normalized spacial score (nSPS) is 25.3. The summed E-state index contributed by atoms with van der Waals surface area (Å²) in [6, 6.07) is 0. The molecule has 1 saturated carbocycles. The molecule has 0 heteroatoms. The Morgan fingerprint density at radius 3 is 2.86 bits per heavy atom. The number of hydrogen-bond acceptors (Lipinski definition) is 0. The average Bonchev–Trinajstić information content (AvgIpc) is 1.69. The molecular formula is C7H14+. The summed E-state index contributed by atoms with van der Waals surface area (Å²) >= 11 is 0. The molecule has 7 heavy (non-hydrogen) atoms. The zero-order valence-electron chi connectivity index (χ0n) is 5.98. The molecule has 41 valence electrons. The van der Waals surface area contributed by atoms with Crippen LogP contribution in [0.25, 0.3) is 0 Å². The van der Waals surface area contributed by atoms with E-state index in [1.807, 2.05) is 0 Å². The zero-order chi connectivity index (χ0) is 5.11. The van der Waals surface area contributed by atoms with Crippen molar-refractivity contribution in [1.82, 2.24) is 0 Å². The van der Waals surface area contributed by atoms with Crippen LogP contribution in [0, 0.1) is 12.3 Å². The van der Waals surface area contributed by atoms with Crippen molar-refractivity contribution in [3.63, 3.8) is 0 Å². The Morgan fingerprint density at radius 1 is 1.71 bits per heavy atom. The Hall–Kier alpha value is 0. The van der Waals surface area contributed by atoms with Gasteiger partial charge in [0.25, 0.3) is 0 Å². The smallest absolute Gasteiger partial charge is 0.0625 e. The molecular weight excluding hydrogens is 84.1 g/mol. The number of rotatable bonds is 0. The molecule has 1 aliphatic rings. The fourth-order valence-corrected chi connectivity index (χ4v) is 1.13. The molecule has 0 heterocycles. The van der Waals surface area contributed by atoms with Crippen molar-refractivity contribution in [2.24, 2.45) is 5.92 Å². The third-order valence-corrected chi connectivity index (χ3v) is 1.67. The first-order valence-corrected chi connectivity index (χ1v) is 3.21. The maximum atomic E-state index is 2.41. The van der Waals surface area contributed by atoms with Crippen LogP contribution in [0.5, 0.6) is 0 Å². The summed E-state index contributed by atoms with van der Waals surface area (Å²) in [7, 11) is 0. The van der Waals surface area contributed by atoms with Crippen LogP contribution in [-0.2, 0) is 0 Å². The summed E-state index contributed by atoms with van der Waals surface area (Å²) in [5.41, 5.74) is 0. The van der Waals surface area contributed by atoms with Gasteiger partial charge in [-0.25, -0.2) is 0 Å². The standard InChI is InChI=1S/C7H13/c1-7-5-3-2-4-6-7/h3,7H,2,4-6H2,1H3/p+1. The molecule has 0 nitrogen and oxygen atoms in total. The molecule has 1 atom stereocenters. The molecule has 0 aliphatic heterocycles. The molecule has 1 unspecified atom stereocenters. The van der Waals surface area contributed by atoms with Gasteiger partial charge in [-0.05, 0) is 18.8 Å². The van der Waals surface area contributed by atoms with Gasteiger partial charge in [0, 0.05) is 0 Å². The second kappa shape index (κ2) is 2.34. The Labute approximate surface area is 47.4 Å². The molecule has 0 bridgehead atoms. The molecule has 0 aromatic rings. The van der Waals surface area contributed by atoms with Gasteiger partial charge in [-0.1, -0.05) is 26.2 Å². The highest BCUT2D eigenvalue weighted by atomic mass is 14.1. The van der Waals surface area contributed by atoms with Crippen LogP contribution in [0.2, 0.25) is 0 Å². The van der Waals surface area contributed by atoms with Crippen molar-refractivity contribution in [3.05, 3.63) is 6.42 Å². The van der Waals surface area contributed by atoms with E-state index < -0.39 is 0 Å². The van der Waals surface area contributed by atoms with E-state index in [-0.39, 0.29) is 1.43 Å². The summed E-state index contributed by atoms with van der Waals surface area (Å²) in [4.78, 5) is 0. The lowest BCUT2D eigenvalue weighted by molar-refractivity contribution is 0.448. The minimum atomic E-state index is 0. The molecule has 0 N–H and O–H groups in total. The average molecular weight is 98.2 g/mol. The third kappa shape index (κ3) is 1.50. The fourth-order valence-electron chi connectivity index (χ4n) is 1.13. The minimum Gasteiger partial charge on any atom is -0.0625 e. The highest BCUT2D eigenvalue weighted by Gasteiger charge is 2.06. The predicted molar refractivity (Wildman–Crippen MR) is 33.0 cm³/mol. The van der Waals surface area contributed by atoms with Gasteiger partial charge >= 0.3 is 1.43 Å². The van der Waals surface area contributed by atoms with E-state index in [0.717, 1.165) is 5.92 Å². The zero-order valence-corrected chi connectivity index (χ0v) is 4.98. The van der Waals surface area contributed by atoms with E-state index >= 15 is 0 Å². The van der Waals surface area contributed by atoms with Gasteiger partial charge in [-0.3, -0.25) is 0 Å². The summed E-state index contributed by atoms with van der Waals surface area (Å²) in [6.45, 7) is 2.33. The fraction of sp³-hybridized carbons (Fsp3) is 0.857. The van der Waals surface area contributed by atoms with Crippen molar-refractivity contribution in [3.8, 4) is 0 Å². The molecule has 0 saturated heterocycles. The van der Waals surface area contributed by atoms with Crippen molar-refractivity contribution in [1.29, 1.82) is 0 Å². The summed E-state index contributed by atoms with van der Waals surface area (Å²) in [6.07, 6.45) is 8.02. The van der Waals surface area contributed by atoms with Crippen LogP contribution >= 0.6 is 0 Å². The van der Waals surface area contributed by atoms with Crippen LogP contribution in [0.3, 0.4) is 0 Å². The maximum absolute atomic E-state index is 2.41. The van der Waals surface area contributed by atoms with Crippen LogP contribution in [0.4, 0.5) is 0 Å². The molecule has 0 spiro atoms. The van der Waals surface area contributed by atoms with Gasteiger partial charge in [-0.2, -0.15) is 0 Å². The minimum absolute atomic E-state index is 0. The van der Waals surface area contributed by atoms with E-state index in [2.05, 4.69) is 13.3 Å². The number of hydrogen-bond donors (Lipinski definition) is 0.